The zero-order chi connectivity index (χ0) is 22.0. The molecule has 0 spiro atoms. The van der Waals surface area contributed by atoms with Gasteiger partial charge >= 0.3 is 0 Å². The fourth-order valence-corrected chi connectivity index (χ4v) is 4.74. The van der Waals surface area contributed by atoms with E-state index in [1.807, 2.05) is 79.1 Å². The van der Waals surface area contributed by atoms with Crippen LogP contribution < -0.4 is 4.74 Å². The molecule has 0 radical (unpaired) electrons. The fraction of sp³-hybridized carbons (Fsp3) is 0.160. The van der Waals surface area contributed by atoms with E-state index >= 15 is 0 Å². The molecule has 1 N–H and O–H groups in total. The van der Waals surface area contributed by atoms with Crippen LogP contribution in [0, 0.1) is 0 Å². The Morgan fingerprint density at radius 2 is 1.71 bits per heavy atom. The van der Waals surface area contributed by atoms with Crippen LogP contribution in [0.4, 0.5) is 0 Å². The number of aliphatic hydroxyl groups excluding tert-OH is 1. The Labute approximate surface area is 194 Å². The molecular formula is C25H22BrNO3S. The Bertz CT molecular complexity index is 1130. The number of ether oxygens (including phenoxy) is 1. The second kappa shape index (κ2) is 9.20. The summed E-state index contributed by atoms with van der Waals surface area (Å²) in [7, 11) is 1.61. The lowest BCUT2D eigenvalue weighted by molar-refractivity contribution is -0.130. The van der Waals surface area contributed by atoms with E-state index in [-0.39, 0.29) is 11.7 Å². The zero-order valence-corrected chi connectivity index (χ0v) is 19.6. The molecule has 0 fully saturated rings. The van der Waals surface area contributed by atoms with Gasteiger partial charge in [0.15, 0.2) is 5.76 Å². The van der Waals surface area contributed by atoms with Crippen molar-refractivity contribution < 1.29 is 14.6 Å². The average molecular weight is 496 g/mol. The molecule has 1 aliphatic heterocycles. The van der Waals surface area contributed by atoms with Gasteiger partial charge in [0, 0.05) is 21.5 Å². The minimum absolute atomic E-state index is 0.216. The number of rotatable bonds is 6. The highest BCUT2D eigenvalue weighted by molar-refractivity contribution is 9.10. The van der Waals surface area contributed by atoms with Crippen molar-refractivity contribution in [1.82, 2.24) is 4.90 Å². The van der Waals surface area contributed by atoms with Crippen LogP contribution in [0.15, 0.2) is 87.9 Å². The lowest BCUT2D eigenvalue weighted by Gasteiger charge is -2.28. The van der Waals surface area contributed by atoms with E-state index < -0.39 is 6.04 Å². The van der Waals surface area contributed by atoms with Gasteiger partial charge in [-0.15, -0.1) is 11.8 Å². The van der Waals surface area contributed by atoms with Crippen molar-refractivity contribution in [3.8, 4) is 5.75 Å². The number of halogens is 1. The summed E-state index contributed by atoms with van der Waals surface area (Å²) in [6, 6.07) is 23.0. The first-order valence-electron chi connectivity index (χ1n) is 9.79. The topological polar surface area (TPSA) is 49.8 Å². The number of hydrogen-bond acceptors (Lipinski definition) is 4. The second-order valence-electron chi connectivity index (χ2n) is 7.20. The van der Waals surface area contributed by atoms with E-state index in [0.29, 0.717) is 12.1 Å². The molecular weight excluding hydrogens is 474 g/mol. The third kappa shape index (κ3) is 4.23. The molecule has 4 nitrogen and oxygen atoms in total. The van der Waals surface area contributed by atoms with Crippen LogP contribution in [0.2, 0.25) is 0 Å². The summed E-state index contributed by atoms with van der Waals surface area (Å²) in [6.45, 7) is 0.392. The van der Waals surface area contributed by atoms with Gasteiger partial charge in [-0.2, -0.15) is 0 Å². The Morgan fingerprint density at radius 3 is 2.32 bits per heavy atom. The number of amides is 1. The number of aliphatic hydroxyl groups is 1. The third-order valence-electron chi connectivity index (χ3n) is 5.42. The lowest BCUT2D eigenvalue weighted by atomic mass is 9.93. The summed E-state index contributed by atoms with van der Waals surface area (Å²) >= 11 is 5.31. The molecule has 0 saturated carbocycles. The molecule has 3 aromatic carbocycles. The first kappa shape index (κ1) is 21.5. The summed E-state index contributed by atoms with van der Waals surface area (Å²) in [5.74, 6) is 0.128. The van der Waals surface area contributed by atoms with Gasteiger partial charge in [-0.25, -0.2) is 0 Å². The quantitative estimate of drug-likeness (QED) is 0.411. The highest BCUT2D eigenvalue weighted by atomic mass is 79.9. The van der Waals surface area contributed by atoms with Crippen LogP contribution in [0.1, 0.15) is 22.7 Å². The van der Waals surface area contributed by atoms with Crippen LogP contribution in [0.5, 0.6) is 5.75 Å². The predicted octanol–water partition coefficient (Wildman–Crippen LogP) is 6.23. The van der Waals surface area contributed by atoms with Crippen LogP contribution in [0.25, 0.3) is 5.57 Å². The second-order valence-corrected chi connectivity index (χ2v) is 8.93. The molecule has 0 bridgehead atoms. The number of carbonyl (C=O) groups is 1. The third-order valence-corrected chi connectivity index (χ3v) is 6.88. The summed E-state index contributed by atoms with van der Waals surface area (Å²) in [5.41, 5.74) is 3.31. The monoisotopic (exact) mass is 495 g/mol. The molecule has 31 heavy (non-hydrogen) atoms. The van der Waals surface area contributed by atoms with Crippen molar-refractivity contribution in [1.29, 1.82) is 0 Å². The largest absolute Gasteiger partial charge is 0.503 e. The van der Waals surface area contributed by atoms with Crippen molar-refractivity contribution in [2.75, 3.05) is 13.4 Å². The van der Waals surface area contributed by atoms with Crippen molar-refractivity contribution in [2.24, 2.45) is 0 Å². The van der Waals surface area contributed by atoms with Gasteiger partial charge in [-0.05, 0) is 53.3 Å². The van der Waals surface area contributed by atoms with E-state index in [2.05, 4.69) is 15.9 Å². The summed E-state index contributed by atoms with van der Waals surface area (Å²) < 4.78 is 6.15. The minimum atomic E-state index is -0.420. The SMILES string of the molecule is COc1ccc(C2=C(O)C(=O)N(Cc3ccc(SC)cc3)[C@@H]2c2ccccc2Br)cc1. The highest BCUT2D eigenvalue weighted by Crippen LogP contribution is 2.45. The number of benzene rings is 3. The Balaban J connectivity index is 1.79. The van der Waals surface area contributed by atoms with Crippen molar-refractivity contribution in [3.05, 3.63) is 99.7 Å². The first-order valence-corrected chi connectivity index (χ1v) is 11.8. The van der Waals surface area contributed by atoms with E-state index in [1.165, 1.54) is 4.90 Å². The molecule has 1 amide bonds. The normalized spacial score (nSPS) is 16.2. The summed E-state index contributed by atoms with van der Waals surface area (Å²) in [4.78, 5) is 16.1. The average Bonchev–Trinajstić information content (AvgIpc) is 3.05. The number of thioether (sulfide) groups is 1. The van der Waals surface area contributed by atoms with Gasteiger partial charge < -0.3 is 14.7 Å². The molecule has 3 aromatic rings. The predicted molar refractivity (Wildman–Crippen MR) is 128 cm³/mol. The van der Waals surface area contributed by atoms with Gasteiger partial charge in [0.05, 0.1) is 13.2 Å². The zero-order valence-electron chi connectivity index (χ0n) is 17.2. The molecule has 0 saturated heterocycles. The van der Waals surface area contributed by atoms with E-state index in [1.54, 1.807) is 23.8 Å². The Morgan fingerprint density at radius 1 is 1.03 bits per heavy atom. The maximum atomic E-state index is 13.2. The molecule has 1 heterocycles. The van der Waals surface area contributed by atoms with Crippen LogP contribution in [0.3, 0.4) is 0 Å². The molecule has 0 unspecified atom stereocenters. The van der Waals surface area contributed by atoms with Gasteiger partial charge in [0.25, 0.3) is 5.91 Å². The number of nitrogens with zero attached hydrogens (tertiary/aromatic N) is 1. The molecule has 0 aliphatic carbocycles. The fourth-order valence-electron chi connectivity index (χ4n) is 3.83. The Kier molecular flexibility index (Phi) is 6.39. The highest BCUT2D eigenvalue weighted by Gasteiger charge is 2.41. The molecule has 0 aromatic heterocycles. The smallest absolute Gasteiger partial charge is 0.290 e. The van der Waals surface area contributed by atoms with Gasteiger partial charge in [0.1, 0.15) is 5.75 Å². The lowest BCUT2D eigenvalue weighted by Crippen LogP contribution is -2.30. The summed E-state index contributed by atoms with van der Waals surface area (Å²) in [5, 5.41) is 10.9. The Hall–Kier alpha value is -2.70. The molecule has 158 valence electrons. The van der Waals surface area contributed by atoms with Crippen molar-refractivity contribution in [3.63, 3.8) is 0 Å². The maximum Gasteiger partial charge on any atom is 0.290 e. The van der Waals surface area contributed by atoms with Crippen LogP contribution in [-0.4, -0.2) is 29.3 Å². The van der Waals surface area contributed by atoms with Gasteiger partial charge in [-0.3, -0.25) is 4.79 Å². The van der Waals surface area contributed by atoms with Crippen LogP contribution in [-0.2, 0) is 11.3 Å². The van der Waals surface area contributed by atoms with Crippen molar-refractivity contribution >= 4 is 39.2 Å². The van der Waals surface area contributed by atoms with Gasteiger partial charge in [-0.1, -0.05) is 58.4 Å². The van der Waals surface area contributed by atoms with Crippen LogP contribution >= 0.6 is 27.7 Å². The van der Waals surface area contributed by atoms with Crippen molar-refractivity contribution in [2.45, 2.75) is 17.5 Å². The van der Waals surface area contributed by atoms with E-state index in [9.17, 15) is 9.90 Å². The molecule has 1 atom stereocenters. The maximum absolute atomic E-state index is 13.2. The number of hydrogen-bond donors (Lipinski definition) is 1. The van der Waals surface area contributed by atoms with Gasteiger partial charge in [0.2, 0.25) is 0 Å². The molecule has 1 aliphatic rings. The minimum Gasteiger partial charge on any atom is -0.503 e. The molecule has 4 rings (SSSR count). The number of carbonyl (C=O) groups excluding carboxylic acids is 1. The number of methoxy groups -OCH3 is 1. The first-order chi connectivity index (χ1) is 15.0. The van der Waals surface area contributed by atoms with E-state index in [0.717, 1.165) is 26.9 Å². The summed E-state index contributed by atoms with van der Waals surface area (Å²) in [6.07, 6.45) is 2.03. The van der Waals surface area contributed by atoms with E-state index in [4.69, 9.17) is 4.74 Å². The molecule has 6 heteroatoms. The standard InChI is InChI=1S/C25H22BrNO3S/c1-30-18-11-9-17(10-12-18)22-23(20-5-3-4-6-21(20)26)27(25(29)24(22)28)15-16-7-13-19(31-2)14-8-16/h3-14,23,28H,15H2,1-2H3/t23-/m1/s1.